The molecule has 0 aliphatic heterocycles. The van der Waals surface area contributed by atoms with E-state index in [2.05, 4.69) is 29.8 Å². The third-order valence-corrected chi connectivity index (χ3v) is 3.19. The number of rotatable bonds is 6. The summed E-state index contributed by atoms with van der Waals surface area (Å²) in [5.74, 6) is 0.876. The van der Waals surface area contributed by atoms with E-state index in [1.54, 1.807) is 7.11 Å². The van der Waals surface area contributed by atoms with Crippen molar-refractivity contribution in [3.63, 3.8) is 0 Å². The van der Waals surface area contributed by atoms with Crippen molar-refractivity contribution in [2.24, 2.45) is 0 Å². The predicted octanol–water partition coefficient (Wildman–Crippen LogP) is 3.95. The highest BCUT2D eigenvalue weighted by molar-refractivity contribution is 9.09. The standard InChI is InChI=1S/C13H19BrO2/c1-4-10(2)16-13(9-14)11-5-7-12(15-3)8-6-11/h5-8,10,13H,4,9H2,1-3H3. The van der Waals surface area contributed by atoms with Gasteiger partial charge in [-0.15, -0.1) is 0 Å². The quantitative estimate of drug-likeness (QED) is 0.738. The van der Waals surface area contributed by atoms with Gasteiger partial charge in [-0.3, -0.25) is 0 Å². The van der Waals surface area contributed by atoms with Crippen molar-refractivity contribution in [2.45, 2.75) is 32.5 Å². The molecule has 2 unspecified atom stereocenters. The lowest BCUT2D eigenvalue weighted by atomic mass is 10.1. The highest BCUT2D eigenvalue weighted by atomic mass is 79.9. The highest BCUT2D eigenvalue weighted by Gasteiger charge is 2.13. The summed E-state index contributed by atoms with van der Waals surface area (Å²) >= 11 is 3.49. The Labute approximate surface area is 106 Å². The van der Waals surface area contributed by atoms with Crippen LogP contribution in [0.4, 0.5) is 0 Å². The first-order valence-electron chi connectivity index (χ1n) is 5.56. The molecule has 1 aromatic carbocycles. The Hall–Kier alpha value is -0.540. The molecule has 0 fully saturated rings. The second kappa shape index (κ2) is 6.92. The molecule has 1 aromatic rings. The third-order valence-electron chi connectivity index (χ3n) is 2.60. The maximum Gasteiger partial charge on any atom is 0.118 e. The van der Waals surface area contributed by atoms with Crippen molar-refractivity contribution in [1.82, 2.24) is 0 Å². The van der Waals surface area contributed by atoms with Crippen molar-refractivity contribution in [3.8, 4) is 5.75 Å². The molecule has 0 saturated carbocycles. The van der Waals surface area contributed by atoms with E-state index in [1.807, 2.05) is 24.3 Å². The fourth-order valence-electron chi connectivity index (χ4n) is 1.40. The van der Waals surface area contributed by atoms with Crippen molar-refractivity contribution < 1.29 is 9.47 Å². The molecular formula is C13H19BrO2. The Morgan fingerprint density at radius 1 is 1.25 bits per heavy atom. The van der Waals surface area contributed by atoms with Gasteiger partial charge in [0.05, 0.1) is 19.3 Å². The molecule has 0 radical (unpaired) electrons. The second-order valence-corrected chi connectivity index (χ2v) is 4.42. The number of ether oxygens (including phenoxy) is 2. The van der Waals surface area contributed by atoms with Gasteiger partial charge in [-0.2, -0.15) is 0 Å². The van der Waals surface area contributed by atoms with Crippen LogP contribution in [0.15, 0.2) is 24.3 Å². The zero-order valence-electron chi connectivity index (χ0n) is 10.1. The minimum atomic E-state index is 0.112. The Morgan fingerprint density at radius 2 is 1.88 bits per heavy atom. The minimum absolute atomic E-state index is 0.112. The number of alkyl halides is 1. The molecule has 16 heavy (non-hydrogen) atoms. The summed E-state index contributed by atoms with van der Waals surface area (Å²) in [6, 6.07) is 8.02. The van der Waals surface area contributed by atoms with E-state index in [1.165, 1.54) is 5.56 Å². The monoisotopic (exact) mass is 286 g/mol. The summed E-state index contributed by atoms with van der Waals surface area (Å²) in [7, 11) is 1.67. The summed E-state index contributed by atoms with van der Waals surface area (Å²) in [4.78, 5) is 0. The minimum Gasteiger partial charge on any atom is -0.497 e. The van der Waals surface area contributed by atoms with Gasteiger partial charge in [0.15, 0.2) is 0 Å². The largest absolute Gasteiger partial charge is 0.497 e. The molecular weight excluding hydrogens is 268 g/mol. The van der Waals surface area contributed by atoms with E-state index in [9.17, 15) is 0 Å². The van der Waals surface area contributed by atoms with Gasteiger partial charge in [-0.1, -0.05) is 35.0 Å². The average Bonchev–Trinajstić information content (AvgIpc) is 2.35. The molecule has 0 bridgehead atoms. The van der Waals surface area contributed by atoms with Gasteiger partial charge in [0, 0.05) is 5.33 Å². The van der Waals surface area contributed by atoms with Gasteiger partial charge in [0.2, 0.25) is 0 Å². The lowest BCUT2D eigenvalue weighted by molar-refractivity contribution is 0.00883. The molecule has 0 saturated heterocycles. The molecule has 3 heteroatoms. The van der Waals surface area contributed by atoms with Gasteiger partial charge in [-0.25, -0.2) is 0 Å². The van der Waals surface area contributed by atoms with Crippen LogP contribution >= 0.6 is 15.9 Å². The summed E-state index contributed by atoms with van der Waals surface area (Å²) in [5.41, 5.74) is 1.18. The number of halogens is 1. The number of hydrogen-bond acceptors (Lipinski definition) is 2. The number of hydrogen-bond donors (Lipinski definition) is 0. The summed E-state index contributed by atoms with van der Waals surface area (Å²) in [5, 5.41) is 0.809. The molecule has 0 N–H and O–H groups in total. The second-order valence-electron chi connectivity index (χ2n) is 3.77. The Morgan fingerprint density at radius 3 is 2.31 bits per heavy atom. The molecule has 0 spiro atoms. The lowest BCUT2D eigenvalue weighted by Crippen LogP contribution is -2.13. The van der Waals surface area contributed by atoms with Crippen LogP contribution in [-0.4, -0.2) is 18.5 Å². The van der Waals surface area contributed by atoms with Gasteiger partial charge >= 0.3 is 0 Å². The normalized spacial score (nSPS) is 14.5. The van der Waals surface area contributed by atoms with E-state index in [0.717, 1.165) is 17.5 Å². The number of methoxy groups -OCH3 is 1. The SMILES string of the molecule is CCC(C)OC(CBr)c1ccc(OC)cc1. The van der Waals surface area contributed by atoms with Crippen molar-refractivity contribution in [3.05, 3.63) is 29.8 Å². The van der Waals surface area contributed by atoms with Crippen molar-refractivity contribution in [1.29, 1.82) is 0 Å². The zero-order valence-corrected chi connectivity index (χ0v) is 11.7. The Kier molecular flexibility index (Phi) is 5.85. The molecule has 0 aliphatic carbocycles. The van der Waals surface area contributed by atoms with Crippen LogP contribution in [0.1, 0.15) is 31.9 Å². The Balaban J connectivity index is 2.70. The van der Waals surface area contributed by atoms with Gasteiger partial charge < -0.3 is 9.47 Å². The fraction of sp³-hybridized carbons (Fsp3) is 0.538. The first-order valence-corrected chi connectivity index (χ1v) is 6.68. The maximum atomic E-state index is 5.92. The van der Waals surface area contributed by atoms with Crippen molar-refractivity contribution >= 4 is 15.9 Å². The van der Waals surface area contributed by atoms with Crippen LogP contribution in [-0.2, 0) is 4.74 Å². The van der Waals surface area contributed by atoms with Gasteiger partial charge in [0.25, 0.3) is 0 Å². The highest BCUT2D eigenvalue weighted by Crippen LogP contribution is 2.24. The molecule has 2 nitrogen and oxygen atoms in total. The van der Waals surface area contributed by atoms with Crippen LogP contribution in [0, 0.1) is 0 Å². The van der Waals surface area contributed by atoms with E-state index in [4.69, 9.17) is 9.47 Å². The molecule has 0 amide bonds. The van der Waals surface area contributed by atoms with Crippen LogP contribution in [0.5, 0.6) is 5.75 Å². The van der Waals surface area contributed by atoms with E-state index in [0.29, 0.717) is 0 Å². The summed E-state index contributed by atoms with van der Waals surface area (Å²) in [6.07, 6.45) is 1.42. The fourth-order valence-corrected chi connectivity index (χ4v) is 1.93. The van der Waals surface area contributed by atoms with Crippen LogP contribution < -0.4 is 4.74 Å². The van der Waals surface area contributed by atoms with E-state index >= 15 is 0 Å². The third kappa shape index (κ3) is 3.80. The summed E-state index contributed by atoms with van der Waals surface area (Å²) < 4.78 is 11.1. The predicted molar refractivity (Wildman–Crippen MR) is 70.4 cm³/mol. The van der Waals surface area contributed by atoms with Crippen LogP contribution in [0.25, 0.3) is 0 Å². The zero-order chi connectivity index (χ0) is 12.0. The maximum absolute atomic E-state index is 5.92. The average molecular weight is 287 g/mol. The molecule has 0 aliphatic rings. The molecule has 0 aromatic heterocycles. The van der Waals surface area contributed by atoms with Crippen molar-refractivity contribution in [2.75, 3.05) is 12.4 Å². The molecule has 90 valence electrons. The first-order chi connectivity index (χ1) is 7.71. The molecule has 0 heterocycles. The smallest absolute Gasteiger partial charge is 0.118 e. The first kappa shape index (κ1) is 13.5. The van der Waals surface area contributed by atoms with Gasteiger partial charge in [0.1, 0.15) is 5.75 Å². The van der Waals surface area contributed by atoms with E-state index < -0.39 is 0 Å². The summed E-state index contributed by atoms with van der Waals surface area (Å²) in [6.45, 7) is 4.23. The van der Waals surface area contributed by atoms with Gasteiger partial charge in [-0.05, 0) is 31.0 Å². The number of benzene rings is 1. The Bertz CT molecular complexity index is 297. The van der Waals surface area contributed by atoms with Crippen LogP contribution in [0.3, 0.4) is 0 Å². The van der Waals surface area contributed by atoms with E-state index in [-0.39, 0.29) is 12.2 Å². The molecule has 2 atom stereocenters. The lowest BCUT2D eigenvalue weighted by Gasteiger charge is -2.20. The molecule has 1 rings (SSSR count). The topological polar surface area (TPSA) is 18.5 Å². The van der Waals surface area contributed by atoms with Crippen LogP contribution in [0.2, 0.25) is 0 Å².